The Labute approximate surface area is 145 Å². The summed E-state index contributed by atoms with van der Waals surface area (Å²) in [5.74, 6) is -0.870. The lowest BCUT2D eigenvalue weighted by molar-refractivity contribution is 0.0228. The topological polar surface area (TPSA) is 72.9 Å². The Kier molecular flexibility index (Phi) is 4.79. The molecule has 0 saturated carbocycles. The molecule has 0 saturated heterocycles. The van der Waals surface area contributed by atoms with Crippen LogP contribution >= 0.6 is 0 Å². The van der Waals surface area contributed by atoms with Crippen LogP contribution < -0.4 is 4.74 Å². The first kappa shape index (κ1) is 16.7. The van der Waals surface area contributed by atoms with E-state index in [0.717, 1.165) is 11.3 Å². The molecule has 0 fully saturated rings. The predicted octanol–water partition coefficient (Wildman–Crippen LogP) is 2.89. The van der Waals surface area contributed by atoms with Crippen LogP contribution in [0.15, 0.2) is 48.5 Å². The average molecular weight is 339 g/mol. The first-order valence-electron chi connectivity index (χ1n) is 7.97. The lowest BCUT2D eigenvalue weighted by atomic mass is 10.1. The number of hydrogen-bond donors (Lipinski definition) is 0. The number of amides is 2. The number of fused-ring (bicyclic) bond motifs is 1. The highest BCUT2D eigenvalue weighted by atomic mass is 16.5. The molecule has 2 aromatic rings. The zero-order valence-corrected chi connectivity index (χ0v) is 13.7. The zero-order chi connectivity index (χ0) is 17.8. The molecular weight excluding hydrogens is 322 g/mol. The first-order valence-corrected chi connectivity index (χ1v) is 7.97. The molecule has 0 aliphatic carbocycles. The normalized spacial score (nSPS) is 12.9. The van der Waals surface area contributed by atoms with Gasteiger partial charge in [0.15, 0.2) is 6.73 Å². The summed E-state index contributed by atoms with van der Waals surface area (Å²) in [5, 5.41) is 0. The van der Waals surface area contributed by atoms with Crippen molar-refractivity contribution in [1.82, 2.24) is 4.90 Å². The van der Waals surface area contributed by atoms with Crippen LogP contribution in [0.3, 0.4) is 0 Å². The van der Waals surface area contributed by atoms with Gasteiger partial charge in [-0.25, -0.2) is 9.69 Å². The van der Waals surface area contributed by atoms with Gasteiger partial charge in [0.05, 0.1) is 23.3 Å². The van der Waals surface area contributed by atoms with Gasteiger partial charge < -0.3 is 9.47 Å². The van der Waals surface area contributed by atoms with E-state index in [1.54, 1.807) is 48.5 Å². The van der Waals surface area contributed by atoms with Crippen molar-refractivity contribution in [3.8, 4) is 5.75 Å². The molecule has 1 aliphatic heterocycles. The Morgan fingerprint density at radius 3 is 2.12 bits per heavy atom. The quantitative estimate of drug-likeness (QED) is 0.598. The molecule has 6 nitrogen and oxygen atoms in total. The standard InChI is InChI=1S/C19H17NO5/c1-2-11-24-14-9-7-13(8-10-14)19(23)25-12-20-17(21)15-5-3-4-6-16(15)18(20)22/h3-10H,2,11-12H2,1H3. The van der Waals surface area contributed by atoms with Crippen molar-refractivity contribution < 1.29 is 23.9 Å². The second-order valence-electron chi connectivity index (χ2n) is 5.52. The van der Waals surface area contributed by atoms with E-state index in [2.05, 4.69) is 0 Å². The molecule has 2 amide bonds. The molecular formula is C19H17NO5. The van der Waals surface area contributed by atoms with Gasteiger partial charge in [-0.05, 0) is 42.8 Å². The Hall–Kier alpha value is -3.15. The van der Waals surface area contributed by atoms with Crippen molar-refractivity contribution in [3.05, 3.63) is 65.2 Å². The maximum atomic E-state index is 12.2. The van der Waals surface area contributed by atoms with Crippen LogP contribution in [0, 0.1) is 0 Å². The minimum Gasteiger partial charge on any atom is -0.494 e. The van der Waals surface area contributed by atoms with Crippen LogP contribution in [0.25, 0.3) is 0 Å². The second kappa shape index (κ2) is 7.17. The second-order valence-corrected chi connectivity index (χ2v) is 5.52. The smallest absolute Gasteiger partial charge is 0.339 e. The van der Waals surface area contributed by atoms with E-state index in [1.807, 2.05) is 6.92 Å². The Bertz CT molecular complexity index is 778. The molecule has 0 radical (unpaired) electrons. The maximum absolute atomic E-state index is 12.2. The molecule has 0 unspecified atom stereocenters. The van der Waals surface area contributed by atoms with Gasteiger partial charge in [0.25, 0.3) is 11.8 Å². The van der Waals surface area contributed by atoms with Crippen molar-refractivity contribution in [2.75, 3.05) is 13.3 Å². The molecule has 25 heavy (non-hydrogen) atoms. The van der Waals surface area contributed by atoms with Crippen molar-refractivity contribution >= 4 is 17.8 Å². The number of carbonyl (C=O) groups is 3. The summed E-state index contributed by atoms with van der Waals surface area (Å²) in [6, 6.07) is 13.0. The fraction of sp³-hybridized carbons (Fsp3) is 0.211. The lowest BCUT2D eigenvalue weighted by Crippen LogP contribution is -2.33. The Balaban J connectivity index is 1.61. The largest absolute Gasteiger partial charge is 0.494 e. The van der Waals surface area contributed by atoms with Crippen LogP contribution in [0.4, 0.5) is 0 Å². The van der Waals surface area contributed by atoms with Gasteiger partial charge in [-0.2, -0.15) is 0 Å². The molecule has 2 aromatic carbocycles. The van der Waals surface area contributed by atoms with Crippen LogP contribution in [0.1, 0.15) is 44.4 Å². The molecule has 0 bridgehead atoms. The number of hydrogen-bond acceptors (Lipinski definition) is 5. The summed E-state index contributed by atoms with van der Waals surface area (Å²) in [6.45, 7) is 2.19. The summed E-state index contributed by atoms with van der Waals surface area (Å²) in [4.78, 5) is 37.4. The molecule has 3 rings (SSSR count). The molecule has 128 valence electrons. The van der Waals surface area contributed by atoms with E-state index >= 15 is 0 Å². The summed E-state index contributed by atoms with van der Waals surface area (Å²) < 4.78 is 10.6. The van der Waals surface area contributed by atoms with E-state index in [9.17, 15) is 14.4 Å². The van der Waals surface area contributed by atoms with Gasteiger partial charge in [-0.3, -0.25) is 9.59 Å². The van der Waals surface area contributed by atoms with Crippen molar-refractivity contribution in [2.24, 2.45) is 0 Å². The van der Waals surface area contributed by atoms with Gasteiger partial charge in [-0.15, -0.1) is 0 Å². The lowest BCUT2D eigenvalue weighted by Gasteiger charge is -2.14. The van der Waals surface area contributed by atoms with Gasteiger partial charge in [0, 0.05) is 0 Å². The first-order chi connectivity index (χ1) is 12.1. The number of imide groups is 1. The van der Waals surface area contributed by atoms with Crippen molar-refractivity contribution in [2.45, 2.75) is 13.3 Å². The molecule has 6 heteroatoms. The molecule has 0 spiro atoms. The number of benzene rings is 2. The summed E-state index contributed by atoms with van der Waals surface area (Å²) in [7, 11) is 0. The maximum Gasteiger partial charge on any atom is 0.339 e. The van der Waals surface area contributed by atoms with Crippen molar-refractivity contribution in [1.29, 1.82) is 0 Å². The third-order valence-electron chi connectivity index (χ3n) is 3.77. The number of rotatable bonds is 6. The van der Waals surface area contributed by atoms with Gasteiger partial charge in [0.1, 0.15) is 5.75 Å². The molecule has 1 aliphatic rings. The fourth-order valence-corrected chi connectivity index (χ4v) is 2.47. The highest BCUT2D eigenvalue weighted by molar-refractivity contribution is 6.21. The minimum absolute atomic E-state index is 0.320. The van der Waals surface area contributed by atoms with Crippen molar-refractivity contribution in [3.63, 3.8) is 0 Å². The fourth-order valence-electron chi connectivity index (χ4n) is 2.47. The van der Waals surface area contributed by atoms with E-state index < -0.39 is 24.5 Å². The van der Waals surface area contributed by atoms with Crippen LogP contribution in [-0.4, -0.2) is 36.0 Å². The molecule has 0 N–H and O–H groups in total. The SMILES string of the molecule is CCCOc1ccc(C(=O)OCN2C(=O)c3ccccc3C2=O)cc1. The van der Waals surface area contributed by atoms with Gasteiger partial charge in [0.2, 0.25) is 0 Å². The zero-order valence-electron chi connectivity index (χ0n) is 13.7. The average Bonchev–Trinajstić information content (AvgIpc) is 2.89. The molecule has 0 aromatic heterocycles. The highest BCUT2D eigenvalue weighted by Crippen LogP contribution is 2.22. The van der Waals surface area contributed by atoms with E-state index in [0.29, 0.717) is 29.0 Å². The van der Waals surface area contributed by atoms with Gasteiger partial charge in [-0.1, -0.05) is 19.1 Å². The number of carbonyl (C=O) groups excluding carboxylic acids is 3. The molecule has 1 heterocycles. The number of ether oxygens (including phenoxy) is 2. The Morgan fingerprint density at radius 2 is 1.56 bits per heavy atom. The Morgan fingerprint density at radius 1 is 0.960 bits per heavy atom. The monoisotopic (exact) mass is 339 g/mol. The van der Waals surface area contributed by atoms with Crippen LogP contribution in [0.2, 0.25) is 0 Å². The summed E-state index contributed by atoms with van der Waals surface area (Å²) >= 11 is 0. The third-order valence-corrected chi connectivity index (χ3v) is 3.77. The number of esters is 1. The van der Waals surface area contributed by atoms with Crippen LogP contribution in [0.5, 0.6) is 5.75 Å². The molecule has 0 atom stereocenters. The highest BCUT2D eigenvalue weighted by Gasteiger charge is 2.35. The number of nitrogens with zero attached hydrogens (tertiary/aromatic N) is 1. The minimum atomic E-state index is -0.612. The third kappa shape index (κ3) is 3.38. The summed E-state index contributed by atoms with van der Waals surface area (Å²) in [6.07, 6.45) is 0.893. The van der Waals surface area contributed by atoms with E-state index in [-0.39, 0.29) is 0 Å². The summed E-state index contributed by atoms with van der Waals surface area (Å²) in [5.41, 5.74) is 0.961. The van der Waals surface area contributed by atoms with E-state index in [4.69, 9.17) is 9.47 Å². The van der Waals surface area contributed by atoms with Crippen LogP contribution in [-0.2, 0) is 4.74 Å². The van der Waals surface area contributed by atoms with Gasteiger partial charge >= 0.3 is 5.97 Å². The predicted molar refractivity (Wildman–Crippen MR) is 89.5 cm³/mol. The van der Waals surface area contributed by atoms with E-state index in [1.165, 1.54) is 0 Å².